The van der Waals surface area contributed by atoms with E-state index in [0.717, 1.165) is 18.4 Å². The Hall–Kier alpha value is -2.19. The molecule has 1 aromatic heterocycles. The lowest BCUT2D eigenvalue weighted by Gasteiger charge is -2.34. The van der Waals surface area contributed by atoms with Crippen molar-refractivity contribution in [2.24, 2.45) is 0 Å². The monoisotopic (exact) mass is 462 g/mol. The van der Waals surface area contributed by atoms with E-state index in [1.807, 2.05) is 32.9 Å². The maximum Gasteiger partial charge on any atom is 0.287 e. The van der Waals surface area contributed by atoms with Gasteiger partial charge < -0.3 is 14.8 Å². The lowest BCUT2D eigenvalue weighted by molar-refractivity contribution is 0.0698. The lowest BCUT2D eigenvalue weighted by Crippen LogP contribution is -2.48. The van der Waals surface area contributed by atoms with Crippen LogP contribution in [-0.2, 0) is 23.9 Å². The predicted octanol–water partition coefficient (Wildman–Crippen LogP) is 3.00. The van der Waals surface area contributed by atoms with Gasteiger partial charge in [0, 0.05) is 46.7 Å². The molecule has 2 heterocycles. The number of halogens is 1. The SMILES string of the molecule is CC(C)(C)S(=O)C1(CN2CCn3c(cnc3C(=O)NCc3ccc(Cl)cc3)C2=O)CC1. The number of hydrogen-bond donors (Lipinski definition) is 1. The van der Waals surface area contributed by atoms with Crippen LogP contribution in [0.25, 0.3) is 0 Å². The molecule has 0 bridgehead atoms. The second-order valence-electron chi connectivity index (χ2n) is 9.22. The van der Waals surface area contributed by atoms with E-state index >= 15 is 0 Å². The average molecular weight is 463 g/mol. The summed E-state index contributed by atoms with van der Waals surface area (Å²) in [6.45, 7) is 7.73. The summed E-state index contributed by atoms with van der Waals surface area (Å²) in [4.78, 5) is 31.7. The van der Waals surface area contributed by atoms with Crippen molar-refractivity contribution < 1.29 is 13.8 Å². The summed E-state index contributed by atoms with van der Waals surface area (Å²) in [7, 11) is -1.02. The van der Waals surface area contributed by atoms with Crippen LogP contribution in [-0.4, -0.2) is 53.1 Å². The molecule has 0 saturated heterocycles. The summed E-state index contributed by atoms with van der Waals surface area (Å²) in [5.74, 6) is -0.251. The summed E-state index contributed by atoms with van der Waals surface area (Å²) in [5.41, 5.74) is 1.33. The third-order valence-electron chi connectivity index (χ3n) is 5.76. The number of amides is 2. The van der Waals surface area contributed by atoms with E-state index in [-0.39, 0.29) is 27.1 Å². The highest BCUT2D eigenvalue weighted by Crippen LogP contribution is 2.46. The van der Waals surface area contributed by atoms with Crippen molar-refractivity contribution in [2.75, 3.05) is 13.1 Å². The Balaban J connectivity index is 1.43. The molecule has 2 amide bonds. The molecule has 1 atom stereocenters. The average Bonchev–Trinajstić information content (AvgIpc) is 3.37. The van der Waals surface area contributed by atoms with E-state index in [4.69, 9.17) is 11.6 Å². The third kappa shape index (κ3) is 4.41. The number of aromatic nitrogens is 2. The number of nitrogens with zero attached hydrogens (tertiary/aromatic N) is 3. The number of nitrogens with one attached hydrogen (secondary N) is 1. The number of carbonyl (C=O) groups is 2. The maximum absolute atomic E-state index is 13.1. The molecule has 1 saturated carbocycles. The second-order valence-corrected chi connectivity index (χ2v) is 12.3. The molecule has 1 unspecified atom stereocenters. The molecule has 1 aliphatic heterocycles. The largest absolute Gasteiger partial charge is 0.345 e. The topological polar surface area (TPSA) is 84.3 Å². The first-order chi connectivity index (χ1) is 14.6. The van der Waals surface area contributed by atoms with E-state index in [9.17, 15) is 13.8 Å². The molecule has 2 aliphatic rings. The molecule has 1 fully saturated rings. The van der Waals surface area contributed by atoms with E-state index < -0.39 is 10.8 Å². The first-order valence-electron chi connectivity index (χ1n) is 10.4. The molecular weight excluding hydrogens is 436 g/mol. The quantitative estimate of drug-likeness (QED) is 0.715. The van der Waals surface area contributed by atoms with Gasteiger partial charge in [-0.3, -0.25) is 13.8 Å². The molecule has 1 N–H and O–H groups in total. The van der Waals surface area contributed by atoms with Gasteiger partial charge in [-0.25, -0.2) is 4.98 Å². The first kappa shape index (κ1) is 22.0. The number of imidazole rings is 1. The fourth-order valence-electron chi connectivity index (χ4n) is 3.99. The van der Waals surface area contributed by atoms with Crippen LogP contribution in [0, 0.1) is 0 Å². The zero-order chi connectivity index (χ0) is 22.4. The zero-order valence-electron chi connectivity index (χ0n) is 18.0. The van der Waals surface area contributed by atoms with Gasteiger partial charge in [0.1, 0.15) is 5.69 Å². The van der Waals surface area contributed by atoms with Crippen LogP contribution in [0.3, 0.4) is 0 Å². The molecule has 7 nitrogen and oxygen atoms in total. The van der Waals surface area contributed by atoms with Crippen molar-refractivity contribution in [2.45, 2.75) is 56.2 Å². The minimum atomic E-state index is -1.02. The second kappa shape index (κ2) is 8.06. The van der Waals surface area contributed by atoms with Crippen LogP contribution in [0.4, 0.5) is 0 Å². The molecule has 2 aromatic rings. The number of rotatable bonds is 6. The van der Waals surface area contributed by atoms with Crippen LogP contribution in [0.2, 0.25) is 5.02 Å². The molecular formula is C22H27ClN4O3S. The van der Waals surface area contributed by atoms with Gasteiger partial charge in [-0.05, 0) is 51.3 Å². The van der Waals surface area contributed by atoms with E-state index in [1.54, 1.807) is 21.6 Å². The van der Waals surface area contributed by atoms with E-state index in [0.29, 0.717) is 36.9 Å². The molecule has 1 aliphatic carbocycles. The van der Waals surface area contributed by atoms with Crippen LogP contribution >= 0.6 is 11.6 Å². The first-order valence-corrected chi connectivity index (χ1v) is 11.9. The van der Waals surface area contributed by atoms with Crippen molar-refractivity contribution in [1.82, 2.24) is 19.8 Å². The Morgan fingerprint density at radius 1 is 1.23 bits per heavy atom. The van der Waals surface area contributed by atoms with Gasteiger partial charge in [0.05, 0.1) is 10.9 Å². The normalized spacial score (nSPS) is 18.5. The Morgan fingerprint density at radius 2 is 1.90 bits per heavy atom. The van der Waals surface area contributed by atoms with Gasteiger partial charge in [0.15, 0.2) is 5.82 Å². The summed E-state index contributed by atoms with van der Waals surface area (Å²) in [5, 5.41) is 3.48. The number of fused-ring (bicyclic) bond motifs is 1. The van der Waals surface area contributed by atoms with Crippen LogP contribution in [0.15, 0.2) is 30.5 Å². The molecule has 166 valence electrons. The minimum absolute atomic E-state index is 0.160. The molecule has 1 aromatic carbocycles. The van der Waals surface area contributed by atoms with Crippen molar-refractivity contribution in [1.29, 1.82) is 0 Å². The molecule has 0 radical (unpaired) electrons. The summed E-state index contributed by atoms with van der Waals surface area (Å²) >= 11 is 5.89. The highest BCUT2D eigenvalue weighted by atomic mass is 35.5. The Morgan fingerprint density at radius 3 is 2.52 bits per heavy atom. The van der Waals surface area contributed by atoms with Gasteiger partial charge in [0.2, 0.25) is 0 Å². The van der Waals surface area contributed by atoms with Gasteiger partial charge in [0.25, 0.3) is 11.8 Å². The lowest BCUT2D eigenvalue weighted by atomic mass is 10.2. The van der Waals surface area contributed by atoms with E-state index in [1.165, 1.54) is 6.20 Å². The van der Waals surface area contributed by atoms with Crippen molar-refractivity contribution in [3.8, 4) is 0 Å². The van der Waals surface area contributed by atoms with Gasteiger partial charge in [-0.15, -0.1) is 0 Å². The summed E-state index contributed by atoms with van der Waals surface area (Å²) < 4.78 is 14.0. The molecule has 0 spiro atoms. The highest BCUT2D eigenvalue weighted by molar-refractivity contribution is 7.88. The molecule has 4 rings (SSSR count). The van der Waals surface area contributed by atoms with Crippen LogP contribution in [0.5, 0.6) is 0 Å². The number of hydrogen-bond acceptors (Lipinski definition) is 4. The highest BCUT2D eigenvalue weighted by Gasteiger charge is 2.53. The Kier molecular flexibility index (Phi) is 5.72. The van der Waals surface area contributed by atoms with Gasteiger partial charge in [-0.1, -0.05) is 23.7 Å². The number of carbonyl (C=O) groups excluding carboxylic acids is 2. The zero-order valence-corrected chi connectivity index (χ0v) is 19.6. The Labute approximate surface area is 189 Å². The Bertz CT molecular complexity index is 1040. The van der Waals surface area contributed by atoms with Crippen LogP contribution in [0.1, 0.15) is 60.3 Å². The van der Waals surface area contributed by atoms with Gasteiger partial charge >= 0.3 is 0 Å². The van der Waals surface area contributed by atoms with Crippen LogP contribution < -0.4 is 5.32 Å². The third-order valence-corrected chi connectivity index (χ3v) is 8.45. The number of benzene rings is 1. The van der Waals surface area contributed by atoms with E-state index in [2.05, 4.69) is 10.3 Å². The standard InChI is InChI=1S/C22H27ClN4O3S/c1-21(2,3)31(30)22(8-9-22)14-26-10-11-27-17(20(26)29)13-24-18(27)19(28)25-12-15-4-6-16(23)7-5-15/h4-7,13H,8-12,14H2,1-3H3,(H,25,28). The van der Waals surface area contributed by atoms with Crippen molar-refractivity contribution in [3.63, 3.8) is 0 Å². The molecule has 9 heteroatoms. The van der Waals surface area contributed by atoms with Crippen molar-refractivity contribution >= 4 is 34.2 Å². The maximum atomic E-state index is 13.1. The fourth-order valence-corrected chi connectivity index (χ4v) is 6.16. The smallest absolute Gasteiger partial charge is 0.287 e. The summed E-state index contributed by atoms with van der Waals surface area (Å²) in [6.07, 6.45) is 3.21. The fraction of sp³-hybridized carbons (Fsp3) is 0.500. The van der Waals surface area contributed by atoms with Crippen molar-refractivity contribution in [3.05, 3.63) is 52.6 Å². The minimum Gasteiger partial charge on any atom is -0.345 e. The van der Waals surface area contributed by atoms with Gasteiger partial charge in [-0.2, -0.15) is 0 Å². The summed E-state index contributed by atoms with van der Waals surface area (Å²) in [6, 6.07) is 7.24. The molecule has 31 heavy (non-hydrogen) atoms. The predicted molar refractivity (Wildman–Crippen MR) is 121 cm³/mol.